The van der Waals surface area contributed by atoms with E-state index in [-0.39, 0.29) is 16.7 Å². The van der Waals surface area contributed by atoms with Crippen LogP contribution in [0, 0.1) is 18.3 Å². The Morgan fingerprint density at radius 3 is 2.58 bits per heavy atom. The van der Waals surface area contributed by atoms with E-state index in [0.29, 0.717) is 11.5 Å². The number of alkyl halides is 3. The van der Waals surface area contributed by atoms with Gasteiger partial charge in [0, 0.05) is 17.6 Å². The minimum absolute atomic E-state index is 0.0668. The van der Waals surface area contributed by atoms with Crippen LogP contribution >= 0.6 is 11.8 Å². The minimum atomic E-state index is -4.65. The summed E-state index contributed by atoms with van der Waals surface area (Å²) in [6.45, 7) is 3.83. The topological polar surface area (TPSA) is 67.4 Å². The van der Waals surface area contributed by atoms with Gasteiger partial charge in [-0.3, -0.25) is 0 Å². The van der Waals surface area contributed by atoms with Gasteiger partial charge in [0.1, 0.15) is 23.0 Å². The second-order valence-corrected chi connectivity index (χ2v) is 6.87. The highest BCUT2D eigenvalue weighted by Crippen LogP contribution is 2.34. The zero-order valence-corrected chi connectivity index (χ0v) is 15.0. The number of aryl methyl sites for hydroxylation is 2. The van der Waals surface area contributed by atoms with Crippen molar-refractivity contribution in [1.29, 1.82) is 5.26 Å². The van der Waals surface area contributed by atoms with Crippen molar-refractivity contribution in [3.8, 4) is 17.6 Å². The second kappa shape index (κ2) is 6.61. The molecule has 0 fully saturated rings. The lowest BCUT2D eigenvalue weighted by Crippen LogP contribution is -2.09. The molecule has 0 amide bonds. The lowest BCUT2D eigenvalue weighted by molar-refractivity contribution is -0.141. The molecule has 134 valence electrons. The summed E-state index contributed by atoms with van der Waals surface area (Å²) in [5.74, 6) is 1.21. The van der Waals surface area contributed by atoms with Crippen LogP contribution in [0.15, 0.2) is 23.1 Å². The van der Waals surface area contributed by atoms with Crippen molar-refractivity contribution in [1.82, 2.24) is 19.5 Å². The molecule has 0 unspecified atom stereocenters. The second-order valence-electron chi connectivity index (χ2n) is 5.56. The molecule has 5 nitrogen and oxygen atoms in total. The third-order valence-electron chi connectivity index (χ3n) is 3.76. The summed E-state index contributed by atoms with van der Waals surface area (Å²) in [5, 5.41) is 9.27. The summed E-state index contributed by atoms with van der Waals surface area (Å²) >= 11 is 1.56. The Morgan fingerprint density at radius 2 is 1.96 bits per heavy atom. The molecule has 0 saturated carbocycles. The number of rotatable bonds is 3. The number of fused-ring (bicyclic) bond motifs is 1. The molecule has 0 N–H and O–H groups in total. The molecule has 0 radical (unpaired) electrons. The number of imidazole rings is 1. The first-order valence-electron chi connectivity index (χ1n) is 7.71. The molecule has 0 aromatic carbocycles. The van der Waals surface area contributed by atoms with Crippen LogP contribution in [0.5, 0.6) is 0 Å². The lowest BCUT2D eigenvalue weighted by atomic mass is 10.2. The highest BCUT2D eigenvalue weighted by atomic mass is 32.2. The van der Waals surface area contributed by atoms with Crippen LogP contribution in [0.3, 0.4) is 0 Å². The van der Waals surface area contributed by atoms with Crippen molar-refractivity contribution in [2.24, 2.45) is 7.05 Å². The number of nitriles is 1. The quantitative estimate of drug-likeness (QED) is 0.635. The standard InChI is InChI=1S/C17H14F3N5S/c1-4-26-12-6-5-9(2)22-14(12)16-24-10-7-13(17(18,19)20)23-11(8-21)15(10)25(16)3/h5-7H,4H2,1-3H3. The van der Waals surface area contributed by atoms with E-state index in [4.69, 9.17) is 0 Å². The third-order valence-corrected chi connectivity index (χ3v) is 4.69. The minimum Gasteiger partial charge on any atom is -0.323 e. The largest absolute Gasteiger partial charge is 0.433 e. The summed E-state index contributed by atoms with van der Waals surface area (Å²) in [7, 11) is 1.64. The molecule has 3 heterocycles. The van der Waals surface area contributed by atoms with Crippen LogP contribution in [0.4, 0.5) is 13.2 Å². The van der Waals surface area contributed by atoms with Gasteiger partial charge in [-0.25, -0.2) is 15.0 Å². The van der Waals surface area contributed by atoms with Crippen molar-refractivity contribution in [2.45, 2.75) is 24.9 Å². The average molecular weight is 377 g/mol. The monoisotopic (exact) mass is 377 g/mol. The van der Waals surface area contributed by atoms with Gasteiger partial charge in [-0.15, -0.1) is 11.8 Å². The smallest absolute Gasteiger partial charge is 0.323 e. The van der Waals surface area contributed by atoms with E-state index < -0.39 is 11.9 Å². The van der Waals surface area contributed by atoms with E-state index in [1.54, 1.807) is 29.4 Å². The molecular weight excluding hydrogens is 363 g/mol. The third kappa shape index (κ3) is 3.12. The predicted molar refractivity (Wildman–Crippen MR) is 92.6 cm³/mol. The molecule has 0 bridgehead atoms. The van der Waals surface area contributed by atoms with Crippen LogP contribution < -0.4 is 0 Å². The molecule has 3 aromatic heterocycles. The van der Waals surface area contributed by atoms with Gasteiger partial charge in [0.15, 0.2) is 11.5 Å². The van der Waals surface area contributed by atoms with Crippen LogP contribution in [0.2, 0.25) is 0 Å². The van der Waals surface area contributed by atoms with E-state index in [0.717, 1.165) is 22.4 Å². The average Bonchev–Trinajstić information content (AvgIpc) is 2.92. The maximum Gasteiger partial charge on any atom is 0.433 e. The number of halogens is 3. The van der Waals surface area contributed by atoms with E-state index in [2.05, 4.69) is 15.0 Å². The number of pyridine rings is 2. The Balaban J connectivity index is 2.32. The first-order chi connectivity index (χ1) is 12.3. The Kier molecular flexibility index (Phi) is 4.63. The Labute approximate surface area is 151 Å². The molecule has 0 aliphatic rings. The van der Waals surface area contributed by atoms with Crippen LogP contribution in [-0.2, 0) is 13.2 Å². The number of hydrogen-bond donors (Lipinski definition) is 0. The highest BCUT2D eigenvalue weighted by Gasteiger charge is 2.34. The van der Waals surface area contributed by atoms with Gasteiger partial charge in [0.25, 0.3) is 0 Å². The van der Waals surface area contributed by atoms with Gasteiger partial charge in [-0.2, -0.15) is 18.4 Å². The molecule has 3 rings (SSSR count). The van der Waals surface area contributed by atoms with Crippen LogP contribution in [-0.4, -0.2) is 25.3 Å². The van der Waals surface area contributed by atoms with E-state index in [1.807, 2.05) is 26.0 Å². The lowest BCUT2D eigenvalue weighted by Gasteiger charge is -2.09. The maximum absolute atomic E-state index is 13.1. The van der Waals surface area contributed by atoms with Crippen molar-refractivity contribution in [3.05, 3.63) is 35.3 Å². The fourth-order valence-electron chi connectivity index (χ4n) is 2.65. The number of nitrogens with zero attached hydrogens (tertiary/aromatic N) is 5. The van der Waals surface area contributed by atoms with E-state index >= 15 is 0 Å². The van der Waals surface area contributed by atoms with Gasteiger partial charge in [0.05, 0.1) is 5.52 Å². The molecule has 9 heteroatoms. The normalized spacial score (nSPS) is 11.7. The molecule has 0 aliphatic carbocycles. The molecule has 3 aromatic rings. The van der Waals surface area contributed by atoms with E-state index in [9.17, 15) is 18.4 Å². The fourth-order valence-corrected chi connectivity index (χ4v) is 3.40. The summed E-state index contributed by atoms with van der Waals surface area (Å²) in [6, 6.07) is 6.39. The molecule has 0 aliphatic heterocycles. The van der Waals surface area contributed by atoms with Gasteiger partial charge < -0.3 is 4.57 Å². The van der Waals surface area contributed by atoms with Crippen LogP contribution in [0.1, 0.15) is 24.0 Å². The van der Waals surface area contributed by atoms with Crippen LogP contribution in [0.25, 0.3) is 22.6 Å². The molecule has 0 atom stereocenters. The molecular formula is C17H14F3N5S. The number of hydrogen-bond acceptors (Lipinski definition) is 5. The SMILES string of the molecule is CCSc1ccc(C)nc1-c1nc2cc(C(F)(F)F)nc(C#N)c2n1C. The Hall–Kier alpha value is -2.60. The van der Waals surface area contributed by atoms with Gasteiger partial charge >= 0.3 is 6.18 Å². The molecule has 0 saturated heterocycles. The van der Waals surface area contributed by atoms with Crippen molar-refractivity contribution in [2.75, 3.05) is 5.75 Å². The van der Waals surface area contributed by atoms with Crippen molar-refractivity contribution in [3.63, 3.8) is 0 Å². The fraction of sp³-hybridized carbons (Fsp3) is 0.294. The number of thioether (sulfide) groups is 1. The first-order valence-corrected chi connectivity index (χ1v) is 8.70. The van der Waals surface area contributed by atoms with Gasteiger partial charge in [-0.05, 0) is 30.9 Å². The summed E-state index contributed by atoms with van der Waals surface area (Å²) in [4.78, 5) is 13.2. The summed E-state index contributed by atoms with van der Waals surface area (Å²) in [5.41, 5.74) is 0.221. The van der Waals surface area contributed by atoms with Gasteiger partial charge in [0.2, 0.25) is 0 Å². The maximum atomic E-state index is 13.1. The summed E-state index contributed by atoms with van der Waals surface area (Å²) < 4.78 is 40.7. The Morgan fingerprint density at radius 1 is 1.23 bits per heavy atom. The predicted octanol–water partition coefficient (Wildman–Crippen LogP) is 4.34. The van der Waals surface area contributed by atoms with Crippen molar-refractivity contribution >= 4 is 22.8 Å². The first kappa shape index (κ1) is 18.2. The van der Waals surface area contributed by atoms with Gasteiger partial charge in [-0.1, -0.05) is 6.92 Å². The highest BCUT2D eigenvalue weighted by molar-refractivity contribution is 7.99. The number of aromatic nitrogens is 4. The van der Waals surface area contributed by atoms with Crippen molar-refractivity contribution < 1.29 is 13.2 Å². The summed E-state index contributed by atoms with van der Waals surface area (Å²) in [6.07, 6.45) is -4.65. The zero-order chi connectivity index (χ0) is 19.1. The Bertz CT molecular complexity index is 1030. The molecule has 0 spiro atoms. The van der Waals surface area contributed by atoms with E-state index in [1.165, 1.54) is 0 Å². The zero-order valence-electron chi connectivity index (χ0n) is 14.2. The molecule has 26 heavy (non-hydrogen) atoms.